The molecule has 0 aromatic heterocycles. The van der Waals surface area contributed by atoms with E-state index in [1.165, 1.54) is 16.7 Å². The summed E-state index contributed by atoms with van der Waals surface area (Å²) in [4.78, 5) is 18.0. The number of carbonyl (C=O) groups excluding carboxylic acids is 1. The molecule has 0 spiro atoms. The summed E-state index contributed by atoms with van der Waals surface area (Å²) in [5, 5.41) is 6.72. The number of carbonyl (C=O) groups is 1. The molecule has 2 N–H and O–H groups in total. The van der Waals surface area contributed by atoms with Gasteiger partial charge in [0.15, 0.2) is 5.96 Å². The molecule has 2 aromatic carbocycles. The first kappa shape index (κ1) is 22.8. The predicted molar refractivity (Wildman–Crippen MR) is 125 cm³/mol. The van der Waals surface area contributed by atoms with Gasteiger partial charge in [0.05, 0.1) is 13.2 Å². The zero-order chi connectivity index (χ0) is 21.9. The van der Waals surface area contributed by atoms with E-state index in [4.69, 9.17) is 4.74 Å². The van der Waals surface area contributed by atoms with Gasteiger partial charge >= 0.3 is 0 Å². The Labute approximate surface area is 185 Å². The van der Waals surface area contributed by atoms with Crippen LogP contribution >= 0.6 is 0 Å². The first-order chi connectivity index (χ1) is 15.1. The van der Waals surface area contributed by atoms with Crippen LogP contribution in [0.25, 0.3) is 0 Å². The van der Waals surface area contributed by atoms with Gasteiger partial charge in [0.1, 0.15) is 0 Å². The summed E-state index contributed by atoms with van der Waals surface area (Å²) in [5.74, 6) is 1.41. The number of nitrogens with one attached hydrogen (secondary N) is 2. The lowest BCUT2D eigenvalue weighted by Crippen LogP contribution is -2.39. The van der Waals surface area contributed by atoms with Crippen LogP contribution in [-0.2, 0) is 29.2 Å². The number of benzene rings is 2. The number of amides is 1. The lowest BCUT2D eigenvalue weighted by atomic mass is 10.1. The van der Waals surface area contributed by atoms with Crippen molar-refractivity contribution in [2.24, 2.45) is 10.9 Å². The number of aliphatic imine (C=N–C) groups is 1. The van der Waals surface area contributed by atoms with Crippen LogP contribution in [0.1, 0.15) is 36.5 Å². The van der Waals surface area contributed by atoms with Crippen LogP contribution in [0.4, 0.5) is 0 Å². The molecule has 0 bridgehead atoms. The van der Waals surface area contributed by atoms with Gasteiger partial charge in [-0.3, -0.25) is 9.79 Å². The lowest BCUT2D eigenvalue weighted by Gasteiger charge is -2.17. The fraction of sp³-hybridized carbons (Fsp3) is 0.440. The zero-order valence-corrected chi connectivity index (χ0v) is 18.6. The number of ether oxygens (including phenoxy) is 1. The number of nitrogens with zero attached hydrogens (tertiary/aromatic N) is 2. The summed E-state index contributed by atoms with van der Waals surface area (Å²) < 4.78 is 5.82. The number of likely N-dealkylation sites (tertiary alicyclic amines) is 1. The zero-order valence-electron chi connectivity index (χ0n) is 18.6. The lowest BCUT2D eigenvalue weighted by molar-refractivity contribution is -0.128. The van der Waals surface area contributed by atoms with Gasteiger partial charge in [0.25, 0.3) is 0 Å². The summed E-state index contributed by atoms with van der Waals surface area (Å²) in [7, 11) is 1.78. The van der Waals surface area contributed by atoms with Gasteiger partial charge in [-0.05, 0) is 29.0 Å². The SMILES string of the molecule is CN=C(NCc1ccc(CN2CCCC2=O)cc1)NCC(C)COCc1ccccc1. The van der Waals surface area contributed by atoms with E-state index in [-0.39, 0.29) is 5.91 Å². The molecular weight excluding hydrogens is 388 g/mol. The third-order valence-electron chi connectivity index (χ3n) is 5.38. The van der Waals surface area contributed by atoms with E-state index < -0.39 is 0 Å². The van der Waals surface area contributed by atoms with E-state index in [0.717, 1.165) is 25.5 Å². The molecule has 1 aliphatic heterocycles. The monoisotopic (exact) mass is 422 g/mol. The molecule has 6 heteroatoms. The van der Waals surface area contributed by atoms with Gasteiger partial charge in [-0.25, -0.2) is 0 Å². The first-order valence-electron chi connectivity index (χ1n) is 11.1. The Kier molecular flexibility index (Phi) is 8.91. The average Bonchev–Trinajstić information content (AvgIpc) is 3.20. The van der Waals surface area contributed by atoms with Crippen molar-refractivity contribution in [1.82, 2.24) is 15.5 Å². The molecule has 0 radical (unpaired) electrons. The third kappa shape index (κ3) is 7.72. The summed E-state index contributed by atoms with van der Waals surface area (Å²) in [6.45, 7) is 6.56. The smallest absolute Gasteiger partial charge is 0.222 e. The topological polar surface area (TPSA) is 66.0 Å². The summed E-state index contributed by atoms with van der Waals surface area (Å²) in [5.41, 5.74) is 3.54. The molecule has 31 heavy (non-hydrogen) atoms. The van der Waals surface area contributed by atoms with Gasteiger partial charge in [-0.2, -0.15) is 0 Å². The summed E-state index contributed by atoms with van der Waals surface area (Å²) >= 11 is 0. The van der Waals surface area contributed by atoms with E-state index in [9.17, 15) is 4.79 Å². The molecule has 3 rings (SSSR count). The normalized spacial score (nSPS) is 15.2. The Bertz CT molecular complexity index is 836. The standard InChI is InChI=1S/C25H34N4O2/c1-20(18-31-19-23-7-4-3-5-8-23)15-27-25(26-2)28-16-21-10-12-22(13-11-21)17-29-14-6-9-24(29)30/h3-5,7-8,10-13,20H,6,9,14-19H2,1-2H3,(H2,26,27,28). The molecule has 166 valence electrons. The van der Waals surface area contributed by atoms with Gasteiger partial charge < -0.3 is 20.3 Å². The highest BCUT2D eigenvalue weighted by Gasteiger charge is 2.19. The molecule has 2 aromatic rings. The number of rotatable bonds is 10. The van der Waals surface area contributed by atoms with Crippen LogP contribution in [0.5, 0.6) is 0 Å². The van der Waals surface area contributed by atoms with E-state index in [1.807, 2.05) is 23.1 Å². The maximum absolute atomic E-state index is 11.8. The predicted octanol–water partition coefficient (Wildman–Crippen LogP) is 3.33. The molecule has 1 heterocycles. The van der Waals surface area contributed by atoms with Crippen molar-refractivity contribution >= 4 is 11.9 Å². The maximum atomic E-state index is 11.8. The molecule has 1 fully saturated rings. The minimum atomic E-state index is 0.264. The van der Waals surface area contributed by atoms with E-state index in [1.54, 1.807) is 7.05 Å². The molecule has 0 aliphatic carbocycles. The fourth-order valence-electron chi connectivity index (χ4n) is 3.54. The number of hydrogen-bond acceptors (Lipinski definition) is 3. The summed E-state index contributed by atoms with van der Waals surface area (Å²) in [6, 6.07) is 18.6. The Morgan fingerprint density at radius 1 is 1.06 bits per heavy atom. The Morgan fingerprint density at radius 3 is 2.48 bits per heavy atom. The van der Waals surface area contributed by atoms with Gasteiger partial charge in [0, 0.05) is 39.6 Å². The van der Waals surface area contributed by atoms with Crippen molar-refractivity contribution < 1.29 is 9.53 Å². The molecule has 6 nitrogen and oxygen atoms in total. The minimum Gasteiger partial charge on any atom is -0.376 e. The van der Waals surface area contributed by atoms with Crippen LogP contribution in [0, 0.1) is 5.92 Å². The van der Waals surface area contributed by atoms with Gasteiger partial charge in [0.2, 0.25) is 5.91 Å². The summed E-state index contributed by atoms with van der Waals surface area (Å²) in [6.07, 6.45) is 1.66. The second kappa shape index (κ2) is 12.1. The van der Waals surface area contributed by atoms with Crippen molar-refractivity contribution in [1.29, 1.82) is 0 Å². The molecular formula is C25H34N4O2. The van der Waals surface area contributed by atoms with Crippen LogP contribution in [0.15, 0.2) is 59.6 Å². The first-order valence-corrected chi connectivity index (χ1v) is 11.1. The Morgan fingerprint density at radius 2 is 1.81 bits per heavy atom. The molecule has 1 amide bonds. The van der Waals surface area contributed by atoms with Crippen LogP contribution in [0.2, 0.25) is 0 Å². The Balaban J connectivity index is 1.34. The van der Waals surface area contributed by atoms with Gasteiger partial charge in [-0.15, -0.1) is 0 Å². The molecule has 1 unspecified atom stereocenters. The van der Waals surface area contributed by atoms with E-state index >= 15 is 0 Å². The van der Waals surface area contributed by atoms with Crippen molar-refractivity contribution in [3.8, 4) is 0 Å². The van der Waals surface area contributed by atoms with Crippen LogP contribution < -0.4 is 10.6 Å². The number of guanidine groups is 1. The average molecular weight is 423 g/mol. The van der Waals surface area contributed by atoms with Crippen LogP contribution in [0.3, 0.4) is 0 Å². The van der Waals surface area contributed by atoms with Gasteiger partial charge in [-0.1, -0.05) is 61.5 Å². The van der Waals surface area contributed by atoms with E-state index in [2.05, 4.69) is 58.9 Å². The highest BCUT2D eigenvalue weighted by atomic mass is 16.5. The Hall–Kier alpha value is -2.86. The molecule has 1 atom stereocenters. The largest absolute Gasteiger partial charge is 0.376 e. The van der Waals surface area contributed by atoms with Crippen molar-refractivity contribution in [3.05, 3.63) is 71.3 Å². The second-order valence-electron chi connectivity index (χ2n) is 8.15. The molecule has 1 saturated heterocycles. The van der Waals surface area contributed by atoms with Crippen LogP contribution in [-0.4, -0.2) is 43.5 Å². The fourth-order valence-corrected chi connectivity index (χ4v) is 3.54. The van der Waals surface area contributed by atoms with E-state index in [0.29, 0.717) is 38.6 Å². The maximum Gasteiger partial charge on any atom is 0.222 e. The highest BCUT2D eigenvalue weighted by Crippen LogP contribution is 2.14. The molecule has 0 saturated carbocycles. The van der Waals surface area contributed by atoms with Crippen molar-refractivity contribution in [2.45, 2.75) is 39.5 Å². The minimum absolute atomic E-state index is 0.264. The third-order valence-corrected chi connectivity index (χ3v) is 5.38. The van der Waals surface area contributed by atoms with Crippen molar-refractivity contribution in [3.63, 3.8) is 0 Å². The quantitative estimate of drug-likeness (QED) is 0.455. The second-order valence-corrected chi connectivity index (χ2v) is 8.15. The van der Waals surface area contributed by atoms with Crippen molar-refractivity contribution in [2.75, 3.05) is 26.7 Å². The molecule has 1 aliphatic rings. The number of hydrogen-bond donors (Lipinski definition) is 2. The highest BCUT2D eigenvalue weighted by molar-refractivity contribution is 5.79.